The number of nitrogens with zero attached hydrogens (tertiary/aromatic N) is 1. The summed E-state index contributed by atoms with van der Waals surface area (Å²) >= 11 is 1.24. The first kappa shape index (κ1) is 16.0. The van der Waals surface area contributed by atoms with E-state index in [0.29, 0.717) is 17.1 Å². The molecule has 2 rings (SSSR count). The van der Waals surface area contributed by atoms with Gasteiger partial charge in [-0.05, 0) is 43.3 Å². The number of ether oxygens (including phenoxy) is 1. The van der Waals surface area contributed by atoms with Gasteiger partial charge in [-0.25, -0.2) is 4.79 Å². The molecule has 0 atom stereocenters. The van der Waals surface area contributed by atoms with Crippen LogP contribution in [0, 0.1) is 15.9 Å². The summed E-state index contributed by atoms with van der Waals surface area (Å²) in [5, 5.41) is 10.6. The normalized spacial score (nSPS) is 10.3. The van der Waals surface area contributed by atoms with E-state index < -0.39 is 22.4 Å². The maximum Gasteiger partial charge on any atom is 0.338 e. The highest BCUT2D eigenvalue weighted by Crippen LogP contribution is 2.30. The lowest BCUT2D eigenvalue weighted by Gasteiger charge is -2.04. The minimum Gasteiger partial charge on any atom is -0.462 e. The summed E-state index contributed by atoms with van der Waals surface area (Å²) in [7, 11) is 0. The van der Waals surface area contributed by atoms with Gasteiger partial charge in [0.2, 0.25) is 5.82 Å². The molecule has 0 heterocycles. The molecule has 0 fully saturated rings. The lowest BCUT2D eigenvalue weighted by Crippen LogP contribution is -2.03. The van der Waals surface area contributed by atoms with Crippen LogP contribution in [0.25, 0.3) is 0 Å². The zero-order valence-electron chi connectivity index (χ0n) is 11.6. The SMILES string of the molecule is CCOC(=O)c1ccc(Sc2ccc([N+](=O)[O-])c(F)c2)cc1. The number of nitro groups is 1. The van der Waals surface area contributed by atoms with E-state index >= 15 is 0 Å². The molecule has 0 bridgehead atoms. The molecule has 0 aliphatic rings. The second-order valence-electron chi connectivity index (χ2n) is 4.22. The van der Waals surface area contributed by atoms with E-state index in [1.807, 2.05) is 0 Å². The van der Waals surface area contributed by atoms with Crippen molar-refractivity contribution in [3.8, 4) is 0 Å². The van der Waals surface area contributed by atoms with Crippen LogP contribution in [0.4, 0.5) is 10.1 Å². The summed E-state index contributed by atoms with van der Waals surface area (Å²) in [6.07, 6.45) is 0. The Balaban J connectivity index is 2.12. The number of hydrogen-bond donors (Lipinski definition) is 0. The van der Waals surface area contributed by atoms with Gasteiger partial charge in [-0.2, -0.15) is 4.39 Å². The molecule has 0 aliphatic carbocycles. The average Bonchev–Trinajstić information content (AvgIpc) is 2.48. The van der Waals surface area contributed by atoms with Crippen molar-refractivity contribution in [3.63, 3.8) is 0 Å². The third-order valence-corrected chi connectivity index (χ3v) is 3.71. The van der Waals surface area contributed by atoms with E-state index in [2.05, 4.69) is 0 Å². The fourth-order valence-corrected chi connectivity index (χ4v) is 2.55. The number of benzene rings is 2. The fraction of sp³-hybridized carbons (Fsp3) is 0.133. The van der Waals surface area contributed by atoms with Crippen molar-refractivity contribution in [2.75, 3.05) is 6.61 Å². The first-order valence-corrected chi connectivity index (χ1v) is 7.22. The Morgan fingerprint density at radius 2 is 1.86 bits per heavy atom. The Hall–Kier alpha value is -2.41. The van der Waals surface area contributed by atoms with E-state index in [-0.39, 0.29) is 0 Å². The molecule has 7 heteroatoms. The molecule has 0 N–H and O–H groups in total. The standard InChI is InChI=1S/C15H12FNO4S/c1-2-21-15(18)10-3-5-11(6-4-10)22-12-7-8-14(17(19)20)13(16)9-12/h3-9H,2H2,1H3. The fourth-order valence-electron chi connectivity index (χ4n) is 1.71. The minimum atomic E-state index is -0.877. The van der Waals surface area contributed by atoms with Crippen molar-refractivity contribution in [1.82, 2.24) is 0 Å². The summed E-state index contributed by atoms with van der Waals surface area (Å²) in [6.45, 7) is 2.03. The first-order chi connectivity index (χ1) is 10.5. The molecule has 0 saturated carbocycles. The largest absolute Gasteiger partial charge is 0.462 e. The van der Waals surface area contributed by atoms with E-state index in [1.165, 1.54) is 17.8 Å². The van der Waals surface area contributed by atoms with Crippen LogP contribution in [0.15, 0.2) is 52.3 Å². The lowest BCUT2D eigenvalue weighted by atomic mass is 10.2. The highest BCUT2D eigenvalue weighted by atomic mass is 32.2. The zero-order chi connectivity index (χ0) is 16.1. The second kappa shape index (κ2) is 7.04. The van der Waals surface area contributed by atoms with Crippen LogP contribution in [0.1, 0.15) is 17.3 Å². The molecular formula is C15H12FNO4S. The number of nitro benzene ring substituents is 1. The monoisotopic (exact) mass is 321 g/mol. The second-order valence-corrected chi connectivity index (χ2v) is 5.36. The van der Waals surface area contributed by atoms with E-state index in [4.69, 9.17) is 4.74 Å². The first-order valence-electron chi connectivity index (χ1n) is 6.40. The molecule has 114 valence electrons. The molecule has 0 spiro atoms. The molecule has 5 nitrogen and oxygen atoms in total. The lowest BCUT2D eigenvalue weighted by molar-refractivity contribution is -0.387. The summed E-state index contributed by atoms with van der Waals surface area (Å²) in [5.74, 6) is -1.28. The predicted octanol–water partition coefficient (Wildman–Crippen LogP) is 4.06. The molecule has 0 aromatic heterocycles. The highest BCUT2D eigenvalue weighted by molar-refractivity contribution is 7.99. The van der Waals surface area contributed by atoms with Gasteiger partial charge in [-0.1, -0.05) is 11.8 Å². The van der Waals surface area contributed by atoms with Crippen molar-refractivity contribution >= 4 is 23.4 Å². The molecule has 0 aliphatic heterocycles. The van der Waals surface area contributed by atoms with Crippen molar-refractivity contribution in [2.24, 2.45) is 0 Å². The van der Waals surface area contributed by atoms with Gasteiger partial charge < -0.3 is 4.74 Å². The smallest absolute Gasteiger partial charge is 0.338 e. The van der Waals surface area contributed by atoms with Gasteiger partial charge in [0.15, 0.2) is 0 Å². The molecule has 22 heavy (non-hydrogen) atoms. The molecule has 0 unspecified atom stereocenters. The Labute approximate surface area is 130 Å². The van der Waals surface area contributed by atoms with Gasteiger partial charge in [-0.3, -0.25) is 10.1 Å². The van der Waals surface area contributed by atoms with Crippen LogP contribution < -0.4 is 0 Å². The Morgan fingerprint density at radius 3 is 2.41 bits per heavy atom. The maximum absolute atomic E-state index is 13.5. The maximum atomic E-state index is 13.5. The Morgan fingerprint density at radius 1 is 1.23 bits per heavy atom. The quantitative estimate of drug-likeness (QED) is 0.472. The molecular weight excluding hydrogens is 309 g/mol. The molecule has 2 aromatic carbocycles. The number of halogens is 1. The van der Waals surface area contributed by atoms with Crippen molar-refractivity contribution in [2.45, 2.75) is 16.7 Å². The summed E-state index contributed by atoms with van der Waals surface area (Å²) in [4.78, 5) is 22.6. The van der Waals surface area contributed by atoms with E-state index in [0.717, 1.165) is 17.0 Å². The molecule has 2 aromatic rings. The average molecular weight is 321 g/mol. The van der Waals surface area contributed by atoms with Crippen molar-refractivity contribution < 1.29 is 18.8 Å². The highest BCUT2D eigenvalue weighted by Gasteiger charge is 2.14. The van der Waals surface area contributed by atoms with Crippen LogP contribution >= 0.6 is 11.8 Å². The van der Waals surface area contributed by atoms with E-state index in [9.17, 15) is 19.3 Å². The number of rotatable bonds is 5. The van der Waals surface area contributed by atoms with Crippen LogP contribution in [-0.4, -0.2) is 17.5 Å². The Bertz CT molecular complexity index is 703. The minimum absolute atomic E-state index is 0.303. The van der Waals surface area contributed by atoms with Crippen LogP contribution in [-0.2, 0) is 4.74 Å². The third-order valence-electron chi connectivity index (χ3n) is 2.72. The summed E-state index contributed by atoms with van der Waals surface area (Å²) in [6, 6.07) is 10.4. The van der Waals surface area contributed by atoms with Gasteiger partial charge >= 0.3 is 11.7 Å². The van der Waals surface area contributed by atoms with E-state index in [1.54, 1.807) is 31.2 Å². The van der Waals surface area contributed by atoms with Gasteiger partial charge in [0.25, 0.3) is 0 Å². The van der Waals surface area contributed by atoms with Gasteiger partial charge in [0.05, 0.1) is 17.1 Å². The summed E-state index contributed by atoms with van der Waals surface area (Å²) < 4.78 is 18.4. The van der Waals surface area contributed by atoms with Gasteiger partial charge in [0, 0.05) is 15.9 Å². The Kier molecular flexibility index (Phi) is 5.11. The van der Waals surface area contributed by atoms with Gasteiger partial charge in [-0.15, -0.1) is 0 Å². The van der Waals surface area contributed by atoms with Crippen LogP contribution in [0.2, 0.25) is 0 Å². The van der Waals surface area contributed by atoms with Crippen molar-refractivity contribution in [3.05, 3.63) is 64.0 Å². The number of carbonyl (C=O) groups is 1. The number of hydrogen-bond acceptors (Lipinski definition) is 5. The van der Waals surface area contributed by atoms with Crippen LogP contribution in [0.3, 0.4) is 0 Å². The predicted molar refractivity (Wildman–Crippen MR) is 79.6 cm³/mol. The zero-order valence-corrected chi connectivity index (χ0v) is 12.4. The number of esters is 1. The molecule has 0 radical (unpaired) electrons. The topological polar surface area (TPSA) is 69.4 Å². The molecule has 0 amide bonds. The van der Waals surface area contributed by atoms with Crippen LogP contribution in [0.5, 0.6) is 0 Å². The van der Waals surface area contributed by atoms with Crippen molar-refractivity contribution in [1.29, 1.82) is 0 Å². The third kappa shape index (κ3) is 3.82. The summed E-state index contributed by atoms with van der Waals surface area (Å²) in [5.41, 5.74) is -0.122. The number of carbonyl (C=O) groups excluding carboxylic acids is 1. The molecule has 0 saturated heterocycles. The van der Waals surface area contributed by atoms with Gasteiger partial charge in [0.1, 0.15) is 0 Å².